The van der Waals surface area contributed by atoms with Crippen molar-refractivity contribution in [3.63, 3.8) is 0 Å². The van der Waals surface area contributed by atoms with E-state index in [0.717, 1.165) is 28.3 Å². The number of hydrogen-bond donors (Lipinski definition) is 1. The summed E-state index contributed by atoms with van der Waals surface area (Å²) >= 11 is 6.83. The summed E-state index contributed by atoms with van der Waals surface area (Å²) in [5, 5.41) is 0.0845. The number of halogens is 2. The van der Waals surface area contributed by atoms with E-state index in [4.69, 9.17) is 22.3 Å². The van der Waals surface area contributed by atoms with Gasteiger partial charge in [0.2, 0.25) is 5.91 Å². The molecule has 5 rings (SSSR count). The van der Waals surface area contributed by atoms with E-state index in [2.05, 4.69) is 17.9 Å². The van der Waals surface area contributed by atoms with Crippen LogP contribution in [0.25, 0.3) is 11.3 Å². The van der Waals surface area contributed by atoms with E-state index >= 15 is 4.39 Å². The first-order valence-corrected chi connectivity index (χ1v) is 17.4. The van der Waals surface area contributed by atoms with Gasteiger partial charge in [-0.25, -0.2) is 13.7 Å². The summed E-state index contributed by atoms with van der Waals surface area (Å²) in [6.45, 7) is 10.8. The first kappa shape index (κ1) is 34.3. The number of rotatable bonds is 8. The number of pyridine rings is 1. The Balaban J connectivity index is 1.75. The van der Waals surface area contributed by atoms with Gasteiger partial charge in [0.25, 0.3) is 0 Å². The molecule has 2 aliphatic rings. The van der Waals surface area contributed by atoms with E-state index in [1.807, 2.05) is 49.9 Å². The molecule has 250 valence electrons. The lowest BCUT2D eigenvalue weighted by molar-refractivity contribution is -0.130. The number of piperazine rings is 1. The summed E-state index contributed by atoms with van der Waals surface area (Å²) in [5.74, 6) is -0.647. The number of nitrogen functional groups attached to an aromatic ring is 1. The van der Waals surface area contributed by atoms with Crippen molar-refractivity contribution in [3.05, 3.63) is 82.6 Å². The molecule has 1 amide bonds. The van der Waals surface area contributed by atoms with Crippen LogP contribution < -0.4 is 10.0 Å². The fourth-order valence-corrected chi connectivity index (χ4v) is 7.77. The minimum absolute atomic E-state index is 0.0182. The molecule has 0 bridgehead atoms. The Labute approximate surface area is 281 Å². The van der Waals surface area contributed by atoms with Gasteiger partial charge >= 0.3 is 10.2 Å². The Bertz CT molecular complexity index is 1830. The van der Waals surface area contributed by atoms with Crippen molar-refractivity contribution >= 4 is 50.7 Å². The van der Waals surface area contributed by atoms with E-state index in [1.165, 1.54) is 24.3 Å². The van der Waals surface area contributed by atoms with Crippen molar-refractivity contribution in [3.8, 4) is 11.3 Å². The molecule has 3 heterocycles. The zero-order valence-electron chi connectivity index (χ0n) is 27.4. The fraction of sp³-hybridized carbons (Fsp3) is 0.382. The van der Waals surface area contributed by atoms with Gasteiger partial charge in [0.1, 0.15) is 5.82 Å². The quantitative estimate of drug-likeness (QED) is 0.237. The average molecular weight is 682 g/mol. The lowest BCUT2D eigenvalue weighted by Gasteiger charge is -2.46. The zero-order valence-corrected chi connectivity index (χ0v) is 28.9. The third-order valence-electron chi connectivity index (χ3n) is 8.48. The molecule has 3 aromatic rings. The SMILES string of the molecule is C=CC(=O)N1C[C@H](C)N(C2=NS(=O)(=O)N(c3ccc(CN(C)C)cc3CCCC)c3nc(-c4c(N)cccc4F)c(Cl)cc32)C[C@H]1C. The number of aromatic nitrogens is 1. The minimum Gasteiger partial charge on any atom is -0.398 e. The molecule has 13 heteroatoms. The molecule has 0 unspecified atom stereocenters. The summed E-state index contributed by atoms with van der Waals surface area (Å²) in [6, 6.07) is 11.0. The molecule has 0 radical (unpaired) electrons. The van der Waals surface area contributed by atoms with Crippen molar-refractivity contribution in [1.29, 1.82) is 0 Å². The van der Waals surface area contributed by atoms with Crippen LogP contribution in [-0.2, 0) is 28.0 Å². The maximum Gasteiger partial charge on any atom is 0.352 e. The summed E-state index contributed by atoms with van der Waals surface area (Å²) in [7, 11) is -0.493. The predicted octanol–water partition coefficient (Wildman–Crippen LogP) is 5.78. The summed E-state index contributed by atoms with van der Waals surface area (Å²) in [6.07, 6.45) is 3.64. The van der Waals surface area contributed by atoms with Crippen LogP contribution in [0.2, 0.25) is 5.02 Å². The van der Waals surface area contributed by atoms with Gasteiger partial charge in [0, 0.05) is 37.4 Å². The van der Waals surface area contributed by atoms with Crippen molar-refractivity contribution in [2.45, 2.75) is 58.7 Å². The molecule has 1 fully saturated rings. The van der Waals surface area contributed by atoms with Gasteiger partial charge in [-0.2, -0.15) is 8.42 Å². The van der Waals surface area contributed by atoms with Crippen LogP contribution in [0.5, 0.6) is 0 Å². The number of amidine groups is 1. The third kappa shape index (κ3) is 6.72. The molecule has 47 heavy (non-hydrogen) atoms. The average Bonchev–Trinajstić information content (AvgIpc) is 3.00. The molecule has 2 N–H and O–H groups in total. The number of hydrogen-bond acceptors (Lipinski definition) is 7. The highest BCUT2D eigenvalue weighted by atomic mass is 35.5. The Morgan fingerprint density at radius 1 is 1.17 bits per heavy atom. The molecular formula is C34H41ClFN7O3S. The van der Waals surface area contributed by atoms with Crippen molar-refractivity contribution in [2.75, 3.05) is 37.2 Å². The molecule has 0 spiro atoms. The molecular weight excluding hydrogens is 641 g/mol. The number of unbranched alkanes of at least 4 members (excludes halogenated alkanes) is 1. The predicted molar refractivity (Wildman–Crippen MR) is 187 cm³/mol. The highest BCUT2D eigenvalue weighted by Crippen LogP contribution is 2.43. The van der Waals surface area contributed by atoms with Gasteiger partial charge in [0.05, 0.1) is 27.5 Å². The molecule has 2 aromatic carbocycles. The second-order valence-corrected chi connectivity index (χ2v) is 14.3. The number of anilines is 3. The topological polar surface area (TPSA) is 115 Å². The number of carbonyl (C=O) groups is 1. The Kier molecular flexibility index (Phi) is 9.95. The van der Waals surface area contributed by atoms with E-state index in [-0.39, 0.29) is 51.6 Å². The van der Waals surface area contributed by atoms with E-state index < -0.39 is 16.0 Å². The van der Waals surface area contributed by atoms with Crippen LogP contribution in [-0.4, -0.2) is 79.1 Å². The number of amides is 1. The molecule has 2 atom stereocenters. The van der Waals surface area contributed by atoms with Crippen LogP contribution in [0.1, 0.15) is 50.3 Å². The fourth-order valence-electron chi connectivity index (χ4n) is 6.23. The molecule has 0 saturated carbocycles. The highest BCUT2D eigenvalue weighted by molar-refractivity contribution is 7.92. The summed E-state index contributed by atoms with van der Waals surface area (Å²) in [5.41, 5.74) is 8.95. The first-order valence-electron chi connectivity index (χ1n) is 15.6. The van der Waals surface area contributed by atoms with E-state index in [9.17, 15) is 13.2 Å². The number of fused-ring (bicyclic) bond motifs is 1. The maximum absolute atomic E-state index is 15.3. The van der Waals surface area contributed by atoms with E-state index in [1.54, 1.807) is 17.0 Å². The smallest absolute Gasteiger partial charge is 0.352 e. The van der Waals surface area contributed by atoms with E-state index in [0.29, 0.717) is 37.3 Å². The van der Waals surface area contributed by atoms with Crippen LogP contribution in [0.4, 0.5) is 21.6 Å². The number of nitrogens with two attached hydrogens (primary N) is 1. The third-order valence-corrected chi connectivity index (χ3v) is 10.0. The Hall–Kier alpha value is -4.00. The van der Waals surface area contributed by atoms with Crippen LogP contribution in [0.3, 0.4) is 0 Å². The number of nitrogens with zero attached hydrogens (tertiary/aromatic N) is 6. The molecule has 1 saturated heterocycles. The lowest BCUT2D eigenvalue weighted by atomic mass is 10.0. The monoisotopic (exact) mass is 681 g/mol. The maximum atomic E-state index is 15.3. The van der Waals surface area contributed by atoms with Crippen molar-refractivity contribution < 1.29 is 17.6 Å². The molecule has 2 aliphatic heterocycles. The minimum atomic E-state index is -4.44. The lowest BCUT2D eigenvalue weighted by Crippen LogP contribution is -2.60. The zero-order chi connectivity index (χ0) is 34.2. The standard InChI is InChI=1S/C34H41ClFN7O3S/c1-7-9-11-24-16-23(20-40(5)6)14-15-29(24)43-33-25(17-26(35)32(38-33)31-27(36)12-10-13-28(31)37)34(39-47(43,45)46)42-19-21(3)41(18-22(42)4)30(44)8-2/h8,10,12-17,21-22H,2,7,9,11,18-20,37H2,1,3-6H3/t21-,22+/m1/s1. The second kappa shape index (κ2) is 13.6. The summed E-state index contributed by atoms with van der Waals surface area (Å²) < 4.78 is 49.6. The first-order chi connectivity index (χ1) is 22.3. The van der Waals surface area contributed by atoms with Gasteiger partial charge in [0.15, 0.2) is 11.7 Å². The van der Waals surface area contributed by atoms with Crippen LogP contribution >= 0.6 is 11.6 Å². The van der Waals surface area contributed by atoms with Gasteiger partial charge in [-0.1, -0.05) is 49.7 Å². The molecule has 0 aliphatic carbocycles. The van der Waals surface area contributed by atoms with Crippen molar-refractivity contribution in [1.82, 2.24) is 19.7 Å². The number of benzene rings is 2. The number of carbonyl (C=O) groups excluding carboxylic acids is 1. The van der Waals surface area contributed by atoms with Crippen LogP contribution in [0, 0.1) is 5.82 Å². The largest absolute Gasteiger partial charge is 0.398 e. The number of aryl methyl sites for hydroxylation is 1. The Morgan fingerprint density at radius 3 is 2.57 bits per heavy atom. The van der Waals surface area contributed by atoms with Crippen LogP contribution in [0.15, 0.2) is 59.5 Å². The normalized spacial score (nSPS) is 19.1. The van der Waals surface area contributed by atoms with Gasteiger partial charge in [-0.05, 0) is 82.3 Å². The van der Waals surface area contributed by atoms with Gasteiger partial charge in [-0.15, -0.1) is 4.40 Å². The van der Waals surface area contributed by atoms with Crippen molar-refractivity contribution in [2.24, 2.45) is 4.40 Å². The second-order valence-electron chi connectivity index (χ2n) is 12.4. The molecule has 1 aromatic heterocycles. The van der Waals surface area contributed by atoms with Gasteiger partial charge < -0.3 is 20.4 Å². The Morgan fingerprint density at radius 2 is 1.91 bits per heavy atom. The molecule has 10 nitrogen and oxygen atoms in total. The highest BCUT2D eigenvalue weighted by Gasteiger charge is 2.42. The van der Waals surface area contributed by atoms with Gasteiger partial charge in [-0.3, -0.25) is 4.79 Å². The summed E-state index contributed by atoms with van der Waals surface area (Å²) in [4.78, 5) is 23.0.